The van der Waals surface area contributed by atoms with Gasteiger partial charge in [0.15, 0.2) is 0 Å². The van der Waals surface area contributed by atoms with Crippen LogP contribution in [0.2, 0.25) is 0 Å². The van der Waals surface area contributed by atoms with Gasteiger partial charge < -0.3 is 10.1 Å². The molecule has 0 spiro atoms. The van der Waals surface area contributed by atoms with Crippen LogP contribution >= 0.6 is 11.8 Å². The summed E-state index contributed by atoms with van der Waals surface area (Å²) in [5.74, 6) is 2.14. The third-order valence-electron chi connectivity index (χ3n) is 3.88. The lowest BCUT2D eigenvalue weighted by molar-refractivity contribution is 0.242. The van der Waals surface area contributed by atoms with Gasteiger partial charge in [-0.15, -0.1) is 0 Å². The van der Waals surface area contributed by atoms with Gasteiger partial charge in [0.05, 0.1) is 6.10 Å². The summed E-state index contributed by atoms with van der Waals surface area (Å²) >= 11 is 2.14. The first-order valence-electron chi connectivity index (χ1n) is 8.30. The molecule has 1 atom stereocenters. The lowest BCUT2D eigenvalue weighted by Crippen LogP contribution is -2.23. The fraction of sp³-hybridized carbons (Fsp3) is 0.667. The third-order valence-corrected chi connectivity index (χ3v) is 5.35. The predicted octanol–water partition coefficient (Wildman–Crippen LogP) is 4.80. The molecule has 118 valence electrons. The summed E-state index contributed by atoms with van der Waals surface area (Å²) in [4.78, 5) is 0. The van der Waals surface area contributed by atoms with Crippen molar-refractivity contribution < 1.29 is 4.74 Å². The van der Waals surface area contributed by atoms with E-state index in [4.69, 9.17) is 4.74 Å². The van der Waals surface area contributed by atoms with Crippen molar-refractivity contribution in [2.45, 2.75) is 63.9 Å². The molecule has 0 aromatic heterocycles. The van der Waals surface area contributed by atoms with E-state index in [1.807, 2.05) is 0 Å². The van der Waals surface area contributed by atoms with Crippen LogP contribution in [-0.4, -0.2) is 23.7 Å². The van der Waals surface area contributed by atoms with E-state index in [9.17, 15) is 0 Å². The molecule has 2 rings (SSSR count). The maximum absolute atomic E-state index is 5.83. The Morgan fingerprint density at radius 1 is 1.29 bits per heavy atom. The van der Waals surface area contributed by atoms with E-state index in [-0.39, 0.29) is 6.10 Å². The highest BCUT2D eigenvalue weighted by atomic mass is 32.2. The Hall–Kier alpha value is -0.670. The molecule has 0 heterocycles. The molecule has 1 aliphatic carbocycles. The summed E-state index contributed by atoms with van der Waals surface area (Å²) in [6.07, 6.45) is 5.87. The van der Waals surface area contributed by atoms with Crippen LogP contribution in [0.25, 0.3) is 0 Å². The summed E-state index contributed by atoms with van der Waals surface area (Å²) in [5.41, 5.74) is 1.35. The molecule has 0 aliphatic heterocycles. The standard InChI is InChI=1S/C18H29NOS/c1-4-19-18(13-21-17-10-5-6-11-17)15-8-7-9-16(12-15)20-14(2)3/h7-9,12,14,17-19H,4-6,10-11,13H2,1-3H3. The van der Waals surface area contributed by atoms with Crippen molar-refractivity contribution in [1.29, 1.82) is 0 Å². The maximum Gasteiger partial charge on any atom is 0.120 e. The summed E-state index contributed by atoms with van der Waals surface area (Å²) < 4.78 is 5.83. The quantitative estimate of drug-likeness (QED) is 0.745. The van der Waals surface area contributed by atoms with Gasteiger partial charge in [-0.25, -0.2) is 0 Å². The van der Waals surface area contributed by atoms with Gasteiger partial charge in [-0.3, -0.25) is 0 Å². The number of ether oxygens (including phenoxy) is 1. The van der Waals surface area contributed by atoms with E-state index in [0.29, 0.717) is 6.04 Å². The first kappa shape index (κ1) is 16.7. The molecule has 3 heteroatoms. The second kappa shape index (κ2) is 8.70. The van der Waals surface area contributed by atoms with Gasteiger partial charge in [0.1, 0.15) is 5.75 Å². The highest BCUT2D eigenvalue weighted by Crippen LogP contribution is 2.32. The minimum atomic E-state index is 0.227. The molecule has 0 saturated heterocycles. The molecule has 21 heavy (non-hydrogen) atoms. The molecule has 0 radical (unpaired) electrons. The third kappa shape index (κ3) is 5.55. The molecule has 1 aromatic carbocycles. The lowest BCUT2D eigenvalue weighted by atomic mass is 10.1. The number of benzene rings is 1. The average molecular weight is 308 g/mol. The zero-order chi connectivity index (χ0) is 15.1. The van der Waals surface area contributed by atoms with Gasteiger partial charge in [-0.1, -0.05) is 31.9 Å². The summed E-state index contributed by atoms with van der Waals surface area (Å²) in [5, 5.41) is 4.50. The SMILES string of the molecule is CCNC(CSC1CCCC1)c1cccc(OC(C)C)c1. The van der Waals surface area contributed by atoms with Crippen molar-refractivity contribution in [2.24, 2.45) is 0 Å². The van der Waals surface area contributed by atoms with Crippen molar-refractivity contribution in [2.75, 3.05) is 12.3 Å². The van der Waals surface area contributed by atoms with E-state index < -0.39 is 0 Å². The van der Waals surface area contributed by atoms with Crippen LogP contribution in [-0.2, 0) is 0 Å². The van der Waals surface area contributed by atoms with Crippen LogP contribution in [0.3, 0.4) is 0 Å². The normalized spacial score (nSPS) is 17.3. The number of hydrogen-bond acceptors (Lipinski definition) is 3. The number of thioether (sulfide) groups is 1. The van der Waals surface area contributed by atoms with E-state index in [1.54, 1.807) is 0 Å². The van der Waals surface area contributed by atoms with E-state index in [0.717, 1.165) is 23.3 Å². The Morgan fingerprint density at radius 3 is 2.71 bits per heavy atom. The Kier molecular flexibility index (Phi) is 6.91. The van der Waals surface area contributed by atoms with Crippen LogP contribution < -0.4 is 10.1 Å². The largest absolute Gasteiger partial charge is 0.491 e. The molecule has 1 N–H and O–H groups in total. The number of nitrogens with one attached hydrogen (secondary N) is 1. The van der Waals surface area contributed by atoms with Crippen LogP contribution in [0.5, 0.6) is 5.75 Å². The molecular formula is C18H29NOS. The zero-order valence-electron chi connectivity index (χ0n) is 13.6. The topological polar surface area (TPSA) is 21.3 Å². The summed E-state index contributed by atoms with van der Waals surface area (Å²) in [7, 11) is 0. The van der Waals surface area contributed by atoms with Gasteiger partial charge in [0.2, 0.25) is 0 Å². The Labute approximate surface area is 134 Å². The van der Waals surface area contributed by atoms with Crippen molar-refractivity contribution in [3.63, 3.8) is 0 Å². The highest BCUT2D eigenvalue weighted by Gasteiger charge is 2.18. The molecule has 0 amide bonds. The molecule has 1 saturated carbocycles. The highest BCUT2D eigenvalue weighted by molar-refractivity contribution is 7.99. The minimum absolute atomic E-state index is 0.227. The summed E-state index contributed by atoms with van der Waals surface area (Å²) in [6.45, 7) is 7.33. The Bertz CT molecular complexity index is 415. The van der Waals surface area contributed by atoms with Crippen molar-refractivity contribution >= 4 is 11.8 Å². The van der Waals surface area contributed by atoms with Gasteiger partial charge in [-0.05, 0) is 50.9 Å². The van der Waals surface area contributed by atoms with E-state index >= 15 is 0 Å². The van der Waals surface area contributed by atoms with Crippen molar-refractivity contribution in [3.05, 3.63) is 29.8 Å². The minimum Gasteiger partial charge on any atom is -0.491 e. The van der Waals surface area contributed by atoms with E-state index in [2.05, 4.69) is 62.1 Å². The molecule has 1 aromatic rings. The Morgan fingerprint density at radius 2 is 2.05 bits per heavy atom. The molecule has 1 unspecified atom stereocenters. The molecule has 0 bridgehead atoms. The van der Waals surface area contributed by atoms with Gasteiger partial charge in [0, 0.05) is 17.0 Å². The molecular weight excluding hydrogens is 278 g/mol. The molecule has 1 fully saturated rings. The first-order chi connectivity index (χ1) is 10.2. The van der Waals surface area contributed by atoms with Crippen LogP contribution in [0, 0.1) is 0 Å². The van der Waals surface area contributed by atoms with Crippen LogP contribution in [0.1, 0.15) is 58.1 Å². The monoisotopic (exact) mass is 307 g/mol. The smallest absolute Gasteiger partial charge is 0.120 e. The van der Waals surface area contributed by atoms with Gasteiger partial charge >= 0.3 is 0 Å². The second-order valence-corrected chi connectivity index (χ2v) is 7.42. The predicted molar refractivity (Wildman–Crippen MR) is 93.3 cm³/mol. The van der Waals surface area contributed by atoms with Gasteiger partial charge in [-0.2, -0.15) is 11.8 Å². The second-order valence-electron chi connectivity index (χ2n) is 6.09. The first-order valence-corrected chi connectivity index (χ1v) is 9.35. The molecule has 2 nitrogen and oxygen atoms in total. The van der Waals surface area contributed by atoms with Gasteiger partial charge in [0.25, 0.3) is 0 Å². The number of hydrogen-bond donors (Lipinski definition) is 1. The van der Waals surface area contributed by atoms with Crippen molar-refractivity contribution in [1.82, 2.24) is 5.32 Å². The zero-order valence-corrected chi connectivity index (χ0v) is 14.4. The average Bonchev–Trinajstić information content (AvgIpc) is 2.96. The number of rotatable bonds is 8. The molecule has 1 aliphatic rings. The van der Waals surface area contributed by atoms with E-state index in [1.165, 1.54) is 31.2 Å². The maximum atomic E-state index is 5.83. The summed E-state index contributed by atoms with van der Waals surface area (Å²) in [6, 6.07) is 9.00. The van der Waals surface area contributed by atoms with Crippen LogP contribution in [0.15, 0.2) is 24.3 Å². The van der Waals surface area contributed by atoms with Crippen LogP contribution in [0.4, 0.5) is 0 Å². The Balaban J connectivity index is 1.98. The fourth-order valence-electron chi connectivity index (χ4n) is 2.88. The lowest BCUT2D eigenvalue weighted by Gasteiger charge is -2.21. The van der Waals surface area contributed by atoms with Crippen molar-refractivity contribution in [3.8, 4) is 5.75 Å². The fourth-order valence-corrected chi connectivity index (χ4v) is 4.33.